The molecule has 0 heterocycles. The van der Waals surface area contributed by atoms with E-state index in [9.17, 15) is 8.42 Å². The maximum Gasteiger partial charge on any atom is 0.147 e. The van der Waals surface area contributed by atoms with Crippen molar-refractivity contribution in [2.45, 2.75) is 26.3 Å². The molecule has 1 rings (SSSR count). The van der Waals surface area contributed by atoms with Gasteiger partial charge in [0.25, 0.3) is 0 Å². The predicted molar refractivity (Wildman–Crippen MR) is 71.9 cm³/mol. The molecule has 0 fully saturated rings. The van der Waals surface area contributed by atoms with E-state index in [0.717, 1.165) is 19.5 Å². The molecule has 1 N–H and O–H groups in total. The molecule has 0 atom stereocenters. The Kier molecular flexibility index (Phi) is 5.65. The lowest BCUT2D eigenvalue weighted by atomic mass is 10.1. The lowest BCUT2D eigenvalue weighted by Crippen LogP contribution is -2.18. The van der Waals surface area contributed by atoms with Crippen LogP contribution < -0.4 is 5.32 Å². The van der Waals surface area contributed by atoms with Crippen molar-refractivity contribution in [2.75, 3.05) is 18.6 Å². The van der Waals surface area contributed by atoms with Gasteiger partial charge in [-0.3, -0.25) is 0 Å². The third-order valence-electron chi connectivity index (χ3n) is 2.68. The fourth-order valence-corrected chi connectivity index (χ4v) is 2.43. The van der Waals surface area contributed by atoms with E-state index in [1.807, 2.05) is 12.1 Å². The minimum absolute atomic E-state index is 0.259. The van der Waals surface area contributed by atoms with Crippen molar-refractivity contribution >= 4 is 9.84 Å². The SMILES string of the molecule is CCc1ccccc1CNCCCS(C)(=O)=O. The van der Waals surface area contributed by atoms with Gasteiger partial charge >= 0.3 is 0 Å². The van der Waals surface area contributed by atoms with Crippen molar-refractivity contribution in [3.05, 3.63) is 35.4 Å². The van der Waals surface area contributed by atoms with Crippen LogP contribution >= 0.6 is 0 Å². The van der Waals surface area contributed by atoms with E-state index in [1.54, 1.807) is 0 Å². The van der Waals surface area contributed by atoms with E-state index >= 15 is 0 Å². The zero-order chi connectivity index (χ0) is 12.7. The minimum Gasteiger partial charge on any atom is -0.313 e. The second-order valence-electron chi connectivity index (χ2n) is 4.28. The summed E-state index contributed by atoms with van der Waals surface area (Å²) in [6.07, 6.45) is 2.98. The summed E-state index contributed by atoms with van der Waals surface area (Å²) in [7, 11) is -2.82. The molecule has 0 radical (unpaired) electrons. The molecule has 0 spiro atoms. The fourth-order valence-electron chi connectivity index (χ4n) is 1.76. The van der Waals surface area contributed by atoms with Crippen LogP contribution in [-0.4, -0.2) is 27.0 Å². The largest absolute Gasteiger partial charge is 0.313 e. The van der Waals surface area contributed by atoms with Crippen LogP contribution in [0.1, 0.15) is 24.5 Å². The smallest absolute Gasteiger partial charge is 0.147 e. The molecule has 1 aromatic carbocycles. The summed E-state index contributed by atoms with van der Waals surface area (Å²) in [6, 6.07) is 8.33. The Morgan fingerprint density at radius 3 is 2.41 bits per heavy atom. The van der Waals surface area contributed by atoms with Crippen molar-refractivity contribution in [3.63, 3.8) is 0 Å². The van der Waals surface area contributed by atoms with Gasteiger partial charge < -0.3 is 5.32 Å². The number of benzene rings is 1. The molecule has 0 aromatic heterocycles. The van der Waals surface area contributed by atoms with Crippen molar-refractivity contribution in [3.8, 4) is 0 Å². The number of hydrogen-bond acceptors (Lipinski definition) is 3. The monoisotopic (exact) mass is 255 g/mol. The molecule has 0 aliphatic heterocycles. The van der Waals surface area contributed by atoms with E-state index < -0.39 is 9.84 Å². The molecule has 4 heteroatoms. The predicted octanol–water partition coefficient (Wildman–Crippen LogP) is 1.77. The lowest BCUT2D eigenvalue weighted by Gasteiger charge is -2.08. The van der Waals surface area contributed by atoms with Crippen LogP contribution in [0.15, 0.2) is 24.3 Å². The second-order valence-corrected chi connectivity index (χ2v) is 6.54. The number of aryl methyl sites for hydroxylation is 1. The summed E-state index contributed by atoms with van der Waals surface area (Å²) in [5, 5.41) is 3.28. The highest BCUT2D eigenvalue weighted by molar-refractivity contribution is 7.90. The highest BCUT2D eigenvalue weighted by atomic mass is 32.2. The van der Waals surface area contributed by atoms with Gasteiger partial charge in [0.15, 0.2) is 0 Å². The molecule has 0 unspecified atom stereocenters. The van der Waals surface area contributed by atoms with Crippen LogP contribution in [0.3, 0.4) is 0 Å². The second kappa shape index (κ2) is 6.77. The molecule has 3 nitrogen and oxygen atoms in total. The molecule has 0 amide bonds. The fraction of sp³-hybridized carbons (Fsp3) is 0.538. The van der Waals surface area contributed by atoms with Gasteiger partial charge in [0.05, 0.1) is 5.75 Å². The summed E-state index contributed by atoms with van der Waals surface area (Å²) < 4.78 is 21.9. The van der Waals surface area contributed by atoms with Crippen LogP contribution in [0, 0.1) is 0 Å². The molecule has 0 bridgehead atoms. The summed E-state index contributed by atoms with van der Waals surface area (Å²) in [4.78, 5) is 0. The maximum absolute atomic E-state index is 10.9. The third kappa shape index (κ3) is 5.84. The van der Waals surface area contributed by atoms with Gasteiger partial charge in [0, 0.05) is 12.8 Å². The first-order valence-corrected chi connectivity index (χ1v) is 8.04. The molecule has 96 valence electrons. The third-order valence-corrected chi connectivity index (χ3v) is 3.71. The molecule has 0 saturated carbocycles. The highest BCUT2D eigenvalue weighted by Gasteiger charge is 2.02. The van der Waals surface area contributed by atoms with Crippen molar-refractivity contribution < 1.29 is 8.42 Å². The molecule has 17 heavy (non-hydrogen) atoms. The normalized spacial score (nSPS) is 11.6. The summed E-state index contributed by atoms with van der Waals surface area (Å²) in [6.45, 7) is 3.70. The summed E-state index contributed by atoms with van der Waals surface area (Å²) in [5.74, 6) is 0.259. The topological polar surface area (TPSA) is 46.2 Å². The lowest BCUT2D eigenvalue weighted by molar-refractivity contribution is 0.594. The van der Waals surface area contributed by atoms with E-state index in [1.165, 1.54) is 17.4 Å². The number of rotatable bonds is 7. The standard InChI is InChI=1S/C13H21NO2S/c1-3-12-7-4-5-8-13(12)11-14-9-6-10-17(2,15)16/h4-5,7-8,14H,3,6,9-11H2,1-2H3. The molecule has 0 aliphatic rings. The Morgan fingerprint density at radius 2 is 1.82 bits per heavy atom. The van der Waals surface area contributed by atoms with Crippen LogP contribution in [0.2, 0.25) is 0 Å². The van der Waals surface area contributed by atoms with Crippen LogP contribution in [0.5, 0.6) is 0 Å². The maximum atomic E-state index is 10.9. The minimum atomic E-state index is -2.82. The number of sulfone groups is 1. The van der Waals surface area contributed by atoms with Gasteiger partial charge in [-0.05, 0) is 30.5 Å². The molecular weight excluding hydrogens is 234 g/mol. The van der Waals surface area contributed by atoms with Gasteiger partial charge in [-0.25, -0.2) is 8.42 Å². The highest BCUT2D eigenvalue weighted by Crippen LogP contribution is 2.08. The Labute approximate surface area is 104 Å². The molecule has 0 aliphatic carbocycles. The van der Waals surface area contributed by atoms with Gasteiger partial charge in [0.2, 0.25) is 0 Å². The first kappa shape index (κ1) is 14.2. The van der Waals surface area contributed by atoms with Crippen molar-refractivity contribution in [2.24, 2.45) is 0 Å². The first-order chi connectivity index (χ1) is 8.03. The zero-order valence-electron chi connectivity index (χ0n) is 10.6. The van der Waals surface area contributed by atoms with Gasteiger partial charge in [-0.2, -0.15) is 0 Å². The van der Waals surface area contributed by atoms with Crippen LogP contribution in [0.25, 0.3) is 0 Å². The van der Waals surface area contributed by atoms with Crippen LogP contribution in [0.4, 0.5) is 0 Å². The molecule has 0 saturated heterocycles. The quantitative estimate of drug-likeness (QED) is 0.755. The summed E-state index contributed by atoms with van der Waals surface area (Å²) in [5.41, 5.74) is 2.65. The first-order valence-electron chi connectivity index (χ1n) is 5.98. The molecular formula is C13H21NO2S. The van der Waals surface area contributed by atoms with Crippen LogP contribution in [-0.2, 0) is 22.8 Å². The van der Waals surface area contributed by atoms with Gasteiger partial charge in [-0.15, -0.1) is 0 Å². The van der Waals surface area contributed by atoms with E-state index in [2.05, 4.69) is 24.4 Å². The Morgan fingerprint density at radius 1 is 1.18 bits per heavy atom. The van der Waals surface area contributed by atoms with Crippen molar-refractivity contribution in [1.29, 1.82) is 0 Å². The Hall–Kier alpha value is -0.870. The summed E-state index contributed by atoms with van der Waals surface area (Å²) >= 11 is 0. The average Bonchev–Trinajstić information content (AvgIpc) is 2.27. The number of hydrogen-bond donors (Lipinski definition) is 1. The Balaban J connectivity index is 2.31. The van der Waals surface area contributed by atoms with E-state index in [4.69, 9.17) is 0 Å². The molecule has 1 aromatic rings. The number of nitrogens with one attached hydrogen (secondary N) is 1. The van der Waals surface area contributed by atoms with Crippen molar-refractivity contribution in [1.82, 2.24) is 5.32 Å². The average molecular weight is 255 g/mol. The zero-order valence-corrected chi connectivity index (χ0v) is 11.4. The van der Waals surface area contributed by atoms with E-state index in [0.29, 0.717) is 6.42 Å². The Bertz CT molecular complexity index is 440. The van der Waals surface area contributed by atoms with Gasteiger partial charge in [0.1, 0.15) is 9.84 Å². The van der Waals surface area contributed by atoms with E-state index in [-0.39, 0.29) is 5.75 Å². The van der Waals surface area contributed by atoms with Gasteiger partial charge in [-0.1, -0.05) is 31.2 Å².